The van der Waals surface area contributed by atoms with Gasteiger partial charge in [0.05, 0.1) is 17.7 Å². The predicted octanol–water partition coefficient (Wildman–Crippen LogP) is -2.67. The monoisotopic (exact) mass is 506 g/mol. The quantitative estimate of drug-likeness (QED) is 0.0777. The Morgan fingerprint density at radius 2 is 0.909 bits per heavy atom. The minimum atomic E-state index is -4.23. The summed E-state index contributed by atoms with van der Waals surface area (Å²) in [6, 6.07) is 0. The molecule has 0 radical (unpaired) electrons. The molecule has 0 spiro atoms. The van der Waals surface area contributed by atoms with Crippen LogP contribution in [0.15, 0.2) is 11.1 Å². The molecule has 7 nitrogen and oxygen atoms in total. The molecule has 0 aliphatic carbocycles. The maximum atomic E-state index is 11.3. The maximum Gasteiger partial charge on any atom is 1.00 e. The number of carboxylic acid groups (broad SMARTS) is 2. The molecule has 0 aromatic heterocycles. The maximum absolute atomic E-state index is 11.3. The van der Waals surface area contributed by atoms with Crippen LogP contribution in [0.2, 0.25) is 0 Å². The second-order valence-corrected chi connectivity index (χ2v) is 9.84. The smallest absolute Gasteiger partial charge is 0.545 e. The van der Waals surface area contributed by atoms with E-state index < -0.39 is 33.4 Å². The van der Waals surface area contributed by atoms with E-state index in [2.05, 4.69) is 6.92 Å². The molecule has 0 saturated carbocycles. The van der Waals surface area contributed by atoms with Crippen molar-refractivity contribution in [2.45, 2.75) is 116 Å². The summed E-state index contributed by atoms with van der Waals surface area (Å²) in [5.74, 6) is -3.84. The molecule has 0 atom stereocenters. The number of rotatable bonds is 21. The molecule has 0 aromatic carbocycles. The average Bonchev–Trinajstić information content (AvgIpc) is 2.68. The molecule has 0 heterocycles. The summed E-state index contributed by atoms with van der Waals surface area (Å²) >= 11 is 0. The van der Waals surface area contributed by atoms with Crippen molar-refractivity contribution in [1.29, 1.82) is 0 Å². The first kappa shape index (κ1) is 38.1. The van der Waals surface area contributed by atoms with Gasteiger partial charge in [-0.2, -0.15) is 8.42 Å². The summed E-state index contributed by atoms with van der Waals surface area (Å²) in [5.41, 5.74) is -0.785. The summed E-state index contributed by atoms with van der Waals surface area (Å²) in [6.45, 7) is 2.22. The van der Waals surface area contributed by atoms with Crippen LogP contribution >= 0.6 is 0 Å². The van der Waals surface area contributed by atoms with Crippen molar-refractivity contribution in [3.8, 4) is 0 Å². The molecule has 0 aliphatic rings. The molecule has 0 bridgehead atoms. The van der Waals surface area contributed by atoms with Gasteiger partial charge in [0.25, 0.3) is 10.1 Å². The molecule has 0 unspecified atom stereocenters. The van der Waals surface area contributed by atoms with E-state index in [4.69, 9.17) is 4.55 Å². The van der Waals surface area contributed by atoms with E-state index in [0.717, 1.165) is 25.7 Å². The van der Waals surface area contributed by atoms with Gasteiger partial charge in [0.1, 0.15) is 0 Å². The number of hydrogen-bond donors (Lipinski definition) is 1. The Labute approximate surface area is 244 Å². The molecule has 0 saturated heterocycles. The first-order chi connectivity index (χ1) is 14.7. The number of hydrogen-bond acceptors (Lipinski definition) is 6. The number of carbonyl (C=O) groups is 2. The van der Waals surface area contributed by atoms with Gasteiger partial charge in [-0.05, 0) is 36.8 Å². The molecule has 0 rings (SSSR count). The van der Waals surface area contributed by atoms with E-state index >= 15 is 0 Å². The van der Waals surface area contributed by atoms with Gasteiger partial charge < -0.3 is 19.8 Å². The van der Waals surface area contributed by atoms with Crippen LogP contribution in [0.4, 0.5) is 0 Å². The van der Waals surface area contributed by atoms with Gasteiger partial charge in [-0.3, -0.25) is 4.55 Å². The van der Waals surface area contributed by atoms with E-state index in [-0.39, 0.29) is 84.0 Å². The van der Waals surface area contributed by atoms with Crippen LogP contribution in [0, 0.1) is 0 Å². The van der Waals surface area contributed by atoms with Crippen LogP contribution < -0.4 is 69.3 Å². The largest absolute Gasteiger partial charge is 1.00 e. The van der Waals surface area contributed by atoms with Crippen molar-refractivity contribution in [3.63, 3.8) is 0 Å². The normalized spacial score (nSPS) is 11.8. The fourth-order valence-corrected chi connectivity index (χ4v) is 4.19. The Bertz CT molecular complexity index is 649. The topological polar surface area (TPSA) is 135 Å². The number of aliphatic carboxylic acids is 2. The van der Waals surface area contributed by atoms with Crippen LogP contribution in [0.3, 0.4) is 0 Å². The summed E-state index contributed by atoms with van der Waals surface area (Å²) in [5, 5.41) is 22.6. The predicted molar refractivity (Wildman–Crippen MR) is 118 cm³/mol. The van der Waals surface area contributed by atoms with E-state index in [1.807, 2.05) is 0 Å². The summed E-state index contributed by atoms with van der Waals surface area (Å²) in [4.78, 5) is 22.6. The van der Waals surface area contributed by atoms with Crippen molar-refractivity contribution in [2.75, 3.05) is 5.75 Å². The Kier molecular flexibility index (Phi) is 28.1. The molecule has 0 aromatic rings. The molecule has 1 N–H and O–H groups in total. The van der Waals surface area contributed by atoms with E-state index in [9.17, 15) is 28.2 Å². The van der Waals surface area contributed by atoms with Gasteiger partial charge in [0.15, 0.2) is 0 Å². The van der Waals surface area contributed by atoms with Crippen molar-refractivity contribution in [1.82, 2.24) is 0 Å². The average molecular weight is 507 g/mol. The van der Waals surface area contributed by atoms with Gasteiger partial charge in [0, 0.05) is 0 Å². The number of carboxylic acids is 2. The van der Waals surface area contributed by atoms with Gasteiger partial charge >= 0.3 is 59.1 Å². The van der Waals surface area contributed by atoms with Crippen molar-refractivity contribution in [2.24, 2.45) is 0 Å². The Balaban J connectivity index is -0.00000450. The van der Waals surface area contributed by atoms with Crippen LogP contribution in [0.1, 0.15) is 116 Å². The minimum absolute atomic E-state index is 0. The van der Waals surface area contributed by atoms with E-state index in [1.54, 1.807) is 0 Å². The molecule has 0 fully saturated rings. The fraction of sp³-hybridized carbons (Fsp3) is 0.826. The Morgan fingerprint density at radius 1 is 0.606 bits per heavy atom. The second kappa shape index (κ2) is 24.3. The first-order valence-corrected chi connectivity index (χ1v) is 13.4. The number of carbonyl (C=O) groups excluding carboxylic acids is 2. The Morgan fingerprint density at radius 3 is 1.21 bits per heavy atom. The molecule has 0 aliphatic heterocycles. The van der Waals surface area contributed by atoms with Crippen molar-refractivity contribution < 1.29 is 91.9 Å². The van der Waals surface area contributed by atoms with Crippen molar-refractivity contribution >= 4 is 22.1 Å². The third kappa shape index (κ3) is 24.1. The van der Waals surface area contributed by atoms with Crippen LogP contribution in [-0.2, 0) is 19.7 Å². The summed E-state index contributed by atoms with van der Waals surface area (Å²) < 4.78 is 30.2. The molecule has 10 heteroatoms. The molecular weight excluding hydrogens is 466 g/mol. The SMILES string of the molecule is CCCCCCCCCCCCCCCCC(C(=O)[O-])=C(CCCS(=O)(=O)O)C(=O)[O-].[Na+].[Na+]. The van der Waals surface area contributed by atoms with Crippen LogP contribution in [-0.4, -0.2) is 30.7 Å². The first-order valence-electron chi connectivity index (χ1n) is 11.8. The van der Waals surface area contributed by atoms with E-state index in [0.29, 0.717) is 6.42 Å². The third-order valence-corrected chi connectivity index (χ3v) is 6.27. The molecular formula is C23H40Na2O7S. The van der Waals surface area contributed by atoms with Gasteiger partial charge in [-0.1, -0.05) is 90.4 Å². The van der Waals surface area contributed by atoms with Crippen LogP contribution in [0.5, 0.6) is 0 Å². The summed E-state index contributed by atoms with van der Waals surface area (Å²) in [6.07, 6.45) is 15.8. The summed E-state index contributed by atoms with van der Waals surface area (Å²) in [7, 11) is -4.23. The van der Waals surface area contributed by atoms with Crippen molar-refractivity contribution in [3.05, 3.63) is 11.1 Å². The third-order valence-electron chi connectivity index (χ3n) is 5.47. The van der Waals surface area contributed by atoms with Gasteiger partial charge in [-0.25, -0.2) is 0 Å². The molecule has 182 valence electrons. The second-order valence-electron chi connectivity index (χ2n) is 8.27. The zero-order valence-corrected chi connectivity index (χ0v) is 25.8. The zero-order valence-electron chi connectivity index (χ0n) is 21.0. The minimum Gasteiger partial charge on any atom is -0.545 e. The number of unbranched alkanes of at least 4 members (excludes halogenated alkanes) is 13. The molecule has 0 amide bonds. The Hall–Kier alpha value is 0.590. The molecule has 33 heavy (non-hydrogen) atoms. The van der Waals surface area contributed by atoms with Gasteiger partial charge in [-0.15, -0.1) is 0 Å². The zero-order chi connectivity index (χ0) is 23.5. The van der Waals surface area contributed by atoms with Gasteiger partial charge in [0.2, 0.25) is 0 Å². The standard InChI is InChI=1S/C23H42O7S.2Na/c1-2-3-4-5-6-7-8-9-10-11-12-13-14-15-17-20(22(24)25)21(23(26)27)18-16-19-31(28,29)30;;/h2-19H2,1H3,(H,24,25)(H,26,27)(H,28,29,30);;/q;2*+1/p-2. The van der Waals surface area contributed by atoms with Crippen LogP contribution in [0.25, 0.3) is 0 Å². The van der Waals surface area contributed by atoms with E-state index in [1.165, 1.54) is 57.8 Å². The fourth-order valence-electron chi connectivity index (χ4n) is 3.68.